The molecule has 2 N–H and O–H groups in total. The first-order chi connectivity index (χ1) is 11.9. The van der Waals surface area contributed by atoms with Gasteiger partial charge in [-0.05, 0) is 37.1 Å². The Morgan fingerprint density at radius 1 is 1.21 bits per heavy atom. The van der Waals surface area contributed by atoms with Crippen molar-refractivity contribution in [2.45, 2.75) is 25.4 Å². The van der Waals surface area contributed by atoms with Gasteiger partial charge in [0.15, 0.2) is 5.76 Å². The number of hydrogen-bond acceptors (Lipinski definition) is 6. The monoisotopic (exact) mass is 324 g/mol. The van der Waals surface area contributed by atoms with Crippen LogP contribution in [0.1, 0.15) is 18.6 Å². The molecule has 124 valence electrons. The highest BCUT2D eigenvalue weighted by atomic mass is 16.3. The maximum absolute atomic E-state index is 5.86. The van der Waals surface area contributed by atoms with E-state index in [1.54, 1.807) is 18.6 Å². The van der Waals surface area contributed by atoms with Crippen LogP contribution in [0.4, 0.5) is 5.95 Å². The molecule has 0 aromatic carbocycles. The predicted molar refractivity (Wildman–Crippen MR) is 90.4 cm³/mol. The van der Waals surface area contributed by atoms with Gasteiger partial charge in [0.05, 0.1) is 6.54 Å². The van der Waals surface area contributed by atoms with E-state index in [0.717, 1.165) is 49.1 Å². The molecule has 7 nitrogen and oxygen atoms in total. The van der Waals surface area contributed by atoms with Crippen molar-refractivity contribution in [3.8, 4) is 11.5 Å². The molecule has 7 heteroatoms. The summed E-state index contributed by atoms with van der Waals surface area (Å²) < 4.78 is 5.86. The summed E-state index contributed by atoms with van der Waals surface area (Å²) in [6.45, 7) is 2.63. The van der Waals surface area contributed by atoms with E-state index in [0.29, 0.717) is 12.6 Å². The lowest BCUT2D eigenvalue weighted by Gasteiger charge is -2.33. The van der Waals surface area contributed by atoms with Gasteiger partial charge in [0.1, 0.15) is 11.5 Å². The quantitative estimate of drug-likeness (QED) is 0.749. The number of rotatable bonds is 5. The Bertz CT molecular complexity index is 755. The fourth-order valence-corrected chi connectivity index (χ4v) is 3.04. The molecule has 1 saturated heterocycles. The lowest BCUT2D eigenvalue weighted by molar-refractivity contribution is 0.395. The van der Waals surface area contributed by atoms with E-state index in [9.17, 15) is 0 Å². The van der Waals surface area contributed by atoms with Gasteiger partial charge in [0.25, 0.3) is 0 Å². The third-order valence-corrected chi connectivity index (χ3v) is 4.25. The van der Waals surface area contributed by atoms with E-state index >= 15 is 0 Å². The van der Waals surface area contributed by atoms with Crippen molar-refractivity contribution in [1.82, 2.24) is 25.5 Å². The van der Waals surface area contributed by atoms with Crippen molar-refractivity contribution in [2.75, 3.05) is 18.0 Å². The van der Waals surface area contributed by atoms with E-state index in [2.05, 4.69) is 30.4 Å². The molecule has 24 heavy (non-hydrogen) atoms. The third kappa shape index (κ3) is 3.30. The Balaban J connectivity index is 1.34. The summed E-state index contributed by atoms with van der Waals surface area (Å²) in [6, 6.07) is 8.12. The van der Waals surface area contributed by atoms with E-state index in [-0.39, 0.29) is 0 Å². The highest BCUT2D eigenvalue weighted by molar-refractivity contribution is 5.51. The van der Waals surface area contributed by atoms with Crippen LogP contribution in [0.3, 0.4) is 0 Å². The molecule has 3 aromatic rings. The highest BCUT2D eigenvalue weighted by Gasteiger charge is 2.21. The van der Waals surface area contributed by atoms with Crippen molar-refractivity contribution in [3.63, 3.8) is 0 Å². The van der Waals surface area contributed by atoms with Crippen molar-refractivity contribution in [2.24, 2.45) is 0 Å². The first-order valence-electron chi connectivity index (χ1n) is 8.22. The summed E-state index contributed by atoms with van der Waals surface area (Å²) in [5.41, 5.74) is 0.895. The summed E-state index contributed by atoms with van der Waals surface area (Å²) in [4.78, 5) is 10.9. The zero-order valence-electron chi connectivity index (χ0n) is 13.4. The number of anilines is 1. The van der Waals surface area contributed by atoms with Crippen LogP contribution in [0.15, 0.2) is 47.3 Å². The molecular weight excluding hydrogens is 304 g/mol. The molecule has 0 spiro atoms. The topological polar surface area (TPSA) is 82.9 Å². The molecule has 4 rings (SSSR count). The van der Waals surface area contributed by atoms with Crippen molar-refractivity contribution < 1.29 is 4.42 Å². The molecule has 0 radical (unpaired) electrons. The Morgan fingerprint density at radius 2 is 2.12 bits per heavy atom. The van der Waals surface area contributed by atoms with Crippen LogP contribution in [0, 0.1) is 0 Å². The summed E-state index contributed by atoms with van der Waals surface area (Å²) in [7, 11) is 0. The average Bonchev–Trinajstić information content (AvgIpc) is 3.32. The van der Waals surface area contributed by atoms with Gasteiger partial charge in [0.2, 0.25) is 5.95 Å². The van der Waals surface area contributed by atoms with Gasteiger partial charge in [-0.25, -0.2) is 9.97 Å². The molecule has 1 aliphatic rings. The van der Waals surface area contributed by atoms with Crippen LogP contribution in [0.2, 0.25) is 0 Å². The Hall–Kier alpha value is -2.67. The van der Waals surface area contributed by atoms with Crippen molar-refractivity contribution in [3.05, 3.63) is 48.6 Å². The molecule has 1 aliphatic heterocycles. The number of nitrogens with zero attached hydrogens (tertiary/aromatic N) is 4. The number of furan rings is 1. The predicted octanol–water partition coefficient (Wildman–Crippen LogP) is 2.22. The van der Waals surface area contributed by atoms with E-state index < -0.39 is 0 Å². The fourth-order valence-electron chi connectivity index (χ4n) is 3.04. The molecule has 1 fully saturated rings. The van der Waals surface area contributed by atoms with E-state index in [4.69, 9.17) is 4.42 Å². The smallest absolute Gasteiger partial charge is 0.225 e. The van der Waals surface area contributed by atoms with Gasteiger partial charge in [-0.15, -0.1) is 0 Å². The molecule has 0 aliphatic carbocycles. The van der Waals surface area contributed by atoms with Gasteiger partial charge in [-0.2, -0.15) is 5.10 Å². The molecule has 0 bridgehead atoms. The van der Waals surface area contributed by atoms with Crippen LogP contribution in [0.5, 0.6) is 0 Å². The molecule has 4 heterocycles. The Kier molecular flexibility index (Phi) is 4.24. The standard InChI is InChI=1S/C17H20N6O/c1-3-13(12-23(10-1)17-18-7-2-8-19-17)20-11-14-4-5-16(24-14)15-6-9-21-22-15/h2,4-9,13,20H,1,3,10-12H2,(H,21,22)/t13-/m1/s1. The minimum Gasteiger partial charge on any atom is -0.458 e. The highest BCUT2D eigenvalue weighted by Crippen LogP contribution is 2.20. The second-order valence-corrected chi connectivity index (χ2v) is 5.95. The van der Waals surface area contributed by atoms with Crippen molar-refractivity contribution >= 4 is 5.95 Å². The molecular formula is C17H20N6O. The van der Waals surface area contributed by atoms with Crippen LogP contribution in [0.25, 0.3) is 11.5 Å². The van der Waals surface area contributed by atoms with Gasteiger partial charge in [-0.1, -0.05) is 0 Å². The van der Waals surface area contributed by atoms with E-state index in [1.807, 2.05) is 24.3 Å². The number of nitrogens with one attached hydrogen (secondary N) is 2. The minimum atomic E-state index is 0.406. The largest absolute Gasteiger partial charge is 0.458 e. The van der Waals surface area contributed by atoms with Crippen LogP contribution in [-0.4, -0.2) is 39.3 Å². The SMILES string of the molecule is c1cnc(N2CCC[C@@H](NCc3ccc(-c4ccn[nH]4)o3)C2)nc1. The number of aromatic nitrogens is 4. The van der Waals surface area contributed by atoms with E-state index in [1.165, 1.54) is 0 Å². The first-order valence-corrected chi connectivity index (χ1v) is 8.22. The number of aromatic amines is 1. The van der Waals surface area contributed by atoms with Gasteiger partial charge in [-0.3, -0.25) is 5.10 Å². The first kappa shape index (κ1) is 14.9. The van der Waals surface area contributed by atoms with Crippen LogP contribution < -0.4 is 10.2 Å². The van der Waals surface area contributed by atoms with Crippen molar-refractivity contribution in [1.29, 1.82) is 0 Å². The second-order valence-electron chi connectivity index (χ2n) is 5.95. The molecule has 1 atom stereocenters. The van der Waals surface area contributed by atoms with Crippen LogP contribution >= 0.6 is 0 Å². The third-order valence-electron chi connectivity index (χ3n) is 4.25. The van der Waals surface area contributed by atoms with Crippen LogP contribution in [-0.2, 0) is 6.54 Å². The van der Waals surface area contributed by atoms with Gasteiger partial charge in [0, 0.05) is 37.7 Å². The minimum absolute atomic E-state index is 0.406. The average molecular weight is 324 g/mol. The van der Waals surface area contributed by atoms with Gasteiger partial charge < -0.3 is 14.6 Å². The number of hydrogen-bond donors (Lipinski definition) is 2. The lowest BCUT2D eigenvalue weighted by Crippen LogP contribution is -2.46. The fraction of sp³-hybridized carbons (Fsp3) is 0.353. The second kappa shape index (κ2) is 6.84. The summed E-state index contributed by atoms with van der Waals surface area (Å²) in [5, 5.41) is 10.4. The zero-order valence-corrected chi connectivity index (χ0v) is 13.4. The lowest BCUT2D eigenvalue weighted by atomic mass is 10.1. The molecule has 0 saturated carbocycles. The normalized spacial score (nSPS) is 18.0. The zero-order chi connectivity index (χ0) is 16.2. The summed E-state index contributed by atoms with van der Waals surface area (Å²) in [5.74, 6) is 2.54. The molecule has 0 unspecified atom stereocenters. The van der Waals surface area contributed by atoms with Gasteiger partial charge >= 0.3 is 0 Å². The summed E-state index contributed by atoms with van der Waals surface area (Å²) in [6.07, 6.45) is 7.58. The maximum Gasteiger partial charge on any atom is 0.225 e. The summed E-state index contributed by atoms with van der Waals surface area (Å²) >= 11 is 0. The molecule has 3 aromatic heterocycles. The maximum atomic E-state index is 5.86. The molecule has 0 amide bonds. The Labute approximate surface area is 140 Å². The number of H-pyrrole nitrogens is 1. The Morgan fingerprint density at radius 3 is 2.96 bits per heavy atom. The number of piperidine rings is 1.